The molecule has 1 unspecified atom stereocenters. The number of anilines is 1. The smallest absolute Gasteiger partial charge is 0.135 e. The Balaban J connectivity index is 2.38. The molecule has 1 N–H and O–H groups in total. The first-order valence-electron chi connectivity index (χ1n) is 5.80. The van der Waals surface area contributed by atoms with E-state index in [9.17, 15) is 0 Å². The number of rotatable bonds is 7. The Morgan fingerprint density at radius 1 is 1.38 bits per heavy atom. The quantitative estimate of drug-likeness (QED) is 0.800. The second-order valence-corrected chi connectivity index (χ2v) is 5.08. The molecule has 1 heterocycles. The average Bonchev–Trinajstić information content (AvgIpc) is 2.62. The van der Waals surface area contributed by atoms with Crippen LogP contribution in [-0.4, -0.2) is 22.2 Å². The van der Waals surface area contributed by atoms with E-state index >= 15 is 0 Å². The van der Waals surface area contributed by atoms with E-state index in [-0.39, 0.29) is 6.10 Å². The van der Waals surface area contributed by atoms with Gasteiger partial charge >= 0.3 is 0 Å². The largest absolute Gasteiger partial charge is 0.374 e. The molecule has 1 aromatic rings. The van der Waals surface area contributed by atoms with Gasteiger partial charge in [-0.3, -0.25) is 0 Å². The van der Waals surface area contributed by atoms with Crippen LogP contribution in [0, 0.1) is 5.92 Å². The van der Waals surface area contributed by atoms with Crippen molar-refractivity contribution in [3.63, 3.8) is 0 Å². The number of nitrogens with zero attached hydrogens (tertiary/aromatic N) is 2. The fourth-order valence-corrected chi connectivity index (χ4v) is 2.19. The van der Waals surface area contributed by atoms with Crippen molar-refractivity contribution in [2.45, 2.75) is 46.8 Å². The Labute approximate surface area is 102 Å². The zero-order chi connectivity index (χ0) is 12.0. The topological polar surface area (TPSA) is 47.0 Å². The Kier molecular flexibility index (Phi) is 5.69. The van der Waals surface area contributed by atoms with Gasteiger partial charge in [-0.2, -0.15) is 0 Å². The summed E-state index contributed by atoms with van der Waals surface area (Å²) >= 11 is 1.39. The molecule has 0 radical (unpaired) electrons. The summed E-state index contributed by atoms with van der Waals surface area (Å²) in [5.41, 5.74) is 0.919. The molecule has 1 rings (SSSR count). The van der Waals surface area contributed by atoms with Gasteiger partial charge in [-0.1, -0.05) is 18.3 Å². The van der Waals surface area contributed by atoms with Crippen molar-refractivity contribution in [2.24, 2.45) is 5.92 Å². The minimum absolute atomic E-state index is 0.274. The van der Waals surface area contributed by atoms with Crippen molar-refractivity contribution < 1.29 is 4.74 Å². The maximum Gasteiger partial charge on any atom is 0.135 e. The molecule has 5 heteroatoms. The zero-order valence-electron chi connectivity index (χ0n) is 10.5. The van der Waals surface area contributed by atoms with E-state index in [0.29, 0.717) is 12.5 Å². The highest BCUT2D eigenvalue weighted by Gasteiger charge is 2.10. The highest BCUT2D eigenvalue weighted by Crippen LogP contribution is 2.19. The molecule has 0 fully saturated rings. The van der Waals surface area contributed by atoms with Crippen LogP contribution in [-0.2, 0) is 11.3 Å². The molecule has 0 saturated carbocycles. The SMILES string of the molecule is CCNc1snnc1COC(C)CC(C)C. The lowest BCUT2D eigenvalue weighted by molar-refractivity contribution is 0.0381. The van der Waals surface area contributed by atoms with Crippen molar-refractivity contribution in [1.29, 1.82) is 0 Å². The fraction of sp³-hybridized carbons (Fsp3) is 0.818. The molecule has 0 aliphatic carbocycles. The van der Waals surface area contributed by atoms with Gasteiger partial charge in [0.1, 0.15) is 10.7 Å². The van der Waals surface area contributed by atoms with Crippen molar-refractivity contribution in [3.05, 3.63) is 5.69 Å². The fourth-order valence-electron chi connectivity index (χ4n) is 1.55. The molecule has 0 aliphatic heterocycles. The molecular formula is C11H21N3OS. The summed E-state index contributed by atoms with van der Waals surface area (Å²) in [5.74, 6) is 0.664. The lowest BCUT2D eigenvalue weighted by atomic mass is 10.1. The Morgan fingerprint density at radius 3 is 2.75 bits per heavy atom. The standard InChI is InChI=1S/C11H21N3OS/c1-5-12-11-10(13-14-16-11)7-15-9(4)6-8(2)3/h8-9,12H,5-7H2,1-4H3. The van der Waals surface area contributed by atoms with Gasteiger partial charge < -0.3 is 10.1 Å². The van der Waals surface area contributed by atoms with Gasteiger partial charge in [0.2, 0.25) is 0 Å². The molecule has 16 heavy (non-hydrogen) atoms. The van der Waals surface area contributed by atoms with Crippen LogP contribution in [0.15, 0.2) is 0 Å². The van der Waals surface area contributed by atoms with Crippen LogP contribution in [0.3, 0.4) is 0 Å². The summed E-state index contributed by atoms with van der Waals surface area (Å²) in [5, 5.41) is 8.33. The lowest BCUT2D eigenvalue weighted by Gasteiger charge is -2.14. The van der Waals surface area contributed by atoms with Crippen LogP contribution in [0.5, 0.6) is 0 Å². The molecular weight excluding hydrogens is 222 g/mol. The highest BCUT2D eigenvalue weighted by atomic mass is 32.1. The summed E-state index contributed by atoms with van der Waals surface area (Å²) < 4.78 is 9.68. The van der Waals surface area contributed by atoms with E-state index in [1.807, 2.05) is 0 Å². The molecule has 0 aromatic carbocycles. The van der Waals surface area contributed by atoms with Gasteiger partial charge in [0.15, 0.2) is 0 Å². The molecule has 0 aliphatic rings. The average molecular weight is 243 g/mol. The second kappa shape index (κ2) is 6.81. The Hall–Kier alpha value is -0.680. The molecule has 1 atom stereocenters. The summed E-state index contributed by atoms with van der Waals surface area (Å²) in [6.45, 7) is 10.0. The number of hydrogen-bond donors (Lipinski definition) is 1. The molecule has 0 spiro atoms. The monoisotopic (exact) mass is 243 g/mol. The van der Waals surface area contributed by atoms with Crippen LogP contribution in [0.2, 0.25) is 0 Å². The number of nitrogens with one attached hydrogen (secondary N) is 1. The van der Waals surface area contributed by atoms with E-state index in [4.69, 9.17) is 4.74 Å². The lowest BCUT2D eigenvalue weighted by Crippen LogP contribution is -2.12. The normalized spacial score (nSPS) is 13.1. The maximum absolute atomic E-state index is 5.75. The summed E-state index contributed by atoms with van der Waals surface area (Å²) in [7, 11) is 0. The van der Waals surface area contributed by atoms with Gasteiger partial charge in [0.05, 0.1) is 12.7 Å². The molecule has 1 aromatic heterocycles. The molecule has 0 bridgehead atoms. The number of ether oxygens (including phenoxy) is 1. The summed E-state index contributed by atoms with van der Waals surface area (Å²) in [6.07, 6.45) is 1.35. The minimum atomic E-state index is 0.274. The third-order valence-corrected chi connectivity index (χ3v) is 2.93. The highest BCUT2D eigenvalue weighted by molar-refractivity contribution is 7.10. The van der Waals surface area contributed by atoms with Crippen LogP contribution in [0.25, 0.3) is 0 Å². The van der Waals surface area contributed by atoms with Gasteiger partial charge in [-0.25, -0.2) is 0 Å². The van der Waals surface area contributed by atoms with Crippen LogP contribution >= 0.6 is 11.5 Å². The maximum atomic E-state index is 5.75. The van der Waals surface area contributed by atoms with E-state index < -0.39 is 0 Å². The number of aromatic nitrogens is 2. The van der Waals surface area contributed by atoms with E-state index in [1.54, 1.807) is 0 Å². The number of hydrogen-bond acceptors (Lipinski definition) is 5. The first-order chi connectivity index (χ1) is 7.63. The van der Waals surface area contributed by atoms with Crippen molar-refractivity contribution in [1.82, 2.24) is 9.59 Å². The first kappa shape index (κ1) is 13.4. The van der Waals surface area contributed by atoms with E-state index in [2.05, 4.69) is 42.6 Å². The van der Waals surface area contributed by atoms with Crippen LogP contribution < -0.4 is 5.32 Å². The summed E-state index contributed by atoms with van der Waals surface area (Å²) in [6, 6.07) is 0. The minimum Gasteiger partial charge on any atom is -0.374 e. The predicted octanol–water partition coefficient (Wildman–Crippen LogP) is 2.92. The Morgan fingerprint density at radius 2 is 2.12 bits per heavy atom. The third kappa shape index (κ3) is 4.45. The van der Waals surface area contributed by atoms with Crippen molar-refractivity contribution >= 4 is 16.5 Å². The van der Waals surface area contributed by atoms with Gasteiger partial charge in [-0.05, 0) is 26.2 Å². The third-order valence-electron chi connectivity index (χ3n) is 2.20. The predicted molar refractivity (Wildman–Crippen MR) is 67.8 cm³/mol. The van der Waals surface area contributed by atoms with E-state index in [0.717, 1.165) is 23.7 Å². The van der Waals surface area contributed by atoms with Gasteiger partial charge in [0.25, 0.3) is 0 Å². The van der Waals surface area contributed by atoms with Crippen LogP contribution in [0.4, 0.5) is 5.00 Å². The molecule has 0 saturated heterocycles. The first-order valence-corrected chi connectivity index (χ1v) is 6.57. The Bertz CT molecular complexity index is 301. The zero-order valence-corrected chi connectivity index (χ0v) is 11.3. The summed E-state index contributed by atoms with van der Waals surface area (Å²) in [4.78, 5) is 0. The molecule has 0 amide bonds. The second-order valence-electron chi connectivity index (χ2n) is 4.33. The molecule has 4 nitrogen and oxygen atoms in total. The van der Waals surface area contributed by atoms with Gasteiger partial charge in [-0.15, -0.1) is 5.10 Å². The van der Waals surface area contributed by atoms with E-state index in [1.165, 1.54) is 11.5 Å². The van der Waals surface area contributed by atoms with Crippen molar-refractivity contribution in [3.8, 4) is 0 Å². The van der Waals surface area contributed by atoms with Gasteiger partial charge in [0, 0.05) is 18.1 Å². The van der Waals surface area contributed by atoms with Crippen molar-refractivity contribution in [2.75, 3.05) is 11.9 Å². The molecule has 92 valence electrons. The van der Waals surface area contributed by atoms with Crippen LogP contribution in [0.1, 0.15) is 39.8 Å².